The van der Waals surface area contributed by atoms with Gasteiger partial charge in [-0.2, -0.15) is 0 Å². The molecule has 4 aromatic rings. The molecule has 0 amide bonds. The molecule has 10 heteroatoms. The van der Waals surface area contributed by atoms with Crippen LogP contribution >= 0.6 is 23.4 Å². The highest BCUT2D eigenvalue weighted by Gasteiger charge is 2.36. The number of nitrogens with zero attached hydrogens (tertiary/aromatic N) is 3. The van der Waals surface area contributed by atoms with E-state index in [9.17, 15) is 0 Å². The van der Waals surface area contributed by atoms with Gasteiger partial charge in [0.15, 0.2) is 0 Å². The third-order valence-corrected chi connectivity index (χ3v) is 13.3. The largest absolute Gasteiger partial charge is 0.379 e. The monoisotopic (exact) mass is 849 g/mol. The maximum absolute atomic E-state index is 6.45. The van der Waals surface area contributed by atoms with Gasteiger partial charge < -0.3 is 29.3 Å². The van der Waals surface area contributed by atoms with Crippen LogP contribution in [0.3, 0.4) is 0 Å². The Hall–Kier alpha value is -3.48. The zero-order valence-corrected chi connectivity index (χ0v) is 36.7. The van der Waals surface area contributed by atoms with E-state index in [4.69, 9.17) is 25.8 Å². The van der Waals surface area contributed by atoms with Gasteiger partial charge in [-0.3, -0.25) is 10.2 Å². The highest BCUT2D eigenvalue weighted by molar-refractivity contribution is 8.00. The summed E-state index contributed by atoms with van der Waals surface area (Å²) in [7, 11) is 0. The van der Waals surface area contributed by atoms with Crippen molar-refractivity contribution in [3.8, 4) is 0 Å². The first-order chi connectivity index (χ1) is 29.7. The number of hydrogen-bond donors (Lipinski definition) is 2. The fourth-order valence-electron chi connectivity index (χ4n) is 8.59. The maximum Gasteiger partial charge on any atom is 0.0947 e. The molecule has 1 aliphatic carbocycles. The molecule has 0 bridgehead atoms. The predicted octanol–water partition coefficient (Wildman–Crippen LogP) is 8.04. The molecule has 7 rings (SSSR count). The number of allylic oxidation sites excluding steroid dienone is 2. The minimum atomic E-state index is -0.450. The van der Waals surface area contributed by atoms with Gasteiger partial charge in [0.25, 0.3) is 0 Å². The standard InChI is InChI=1S/C50H64ClN5O3S/c51-45-23-24-49-47(41-45)56(46-21-10-11-22-48(46)60-49)29-14-28-54-31-33-55(34-32-54)30-27-52-25-12-35-57-37-39-59-40-38-58-36-13-26-53-50(42-15-4-1-5-16-42,43-17-6-2-7-18-43)44-19-8-3-9-20-44/h1-11,15-24,41,47,49,52-53H,12-14,25-40H2. The van der Waals surface area contributed by atoms with Crippen LogP contribution in [0.4, 0.5) is 5.69 Å². The van der Waals surface area contributed by atoms with Crippen molar-refractivity contribution in [1.29, 1.82) is 0 Å². The topological polar surface area (TPSA) is 61.5 Å². The van der Waals surface area contributed by atoms with E-state index in [0.717, 1.165) is 96.3 Å². The van der Waals surface area contributed by atoms with Crippen molar-refractivity contribution >= 4 is 29.1 Å². The molecule has 1 saturated heterocycles. The second-order valence-electron chi connectivity index (χ2n) is 15.8. The number of nitrogens with one attached hydrogen (secondary N) is 2. The van der Waals surface area contributed by atoms with E-state index in [1.54, 1.807) is 0 Å². The molecule has 3 aliphatic rings. The van der Waals surface area contributed by atoms with Crippen molar-refractivity contribution in [3.05, 3.63) is 155 Å². The summed E-state index contributed by atoms with van der Waals surface area (Å²) >= 11 is 8.41. The van der Waals surface area contributed by atoms with Crippen molar-refractivity contribution in [3.63, 3.8) is 0 Å². The number of halogens is 1. The van der Waals surface area contributed by atoms with Crippen molar-refractivity contribution < 1.29 is 14.2 Å². The number of ether oxygens (including phenoxy) is 3. The zero-order valence-electron chi connectivity index (χ0n) is 35.1. The highest BCUT2D eigenvalue weighted by Crippen LogP contribution is 2.44. The number of piperazine rings is 1. The maximum atomic E-state index is 6.45. The summed E-state index contributed by atoms with van der Waals surface area (Å²) in [6, 6.07) is 41.3. The van der Waals surface area contributed by atoms with Crippen molar-refractivity contribution in [2.24, 2.45) is 0 Å². The summed E-state index contributed by atoms with van der Waals surface area (Å²) < 4.78 is 17.5. The Morgan fingerprint density at radius 1 is 0.583 bits per heavy atom. The van der Waals surface area contributed by atoms with Crippen LogP contribution in [0.2, 0.25) is 0 Å². The summed E-state index contributed by atoms with van der Waals surface area (Å²) in [6.45, 7) is 14.5. The Morgan fingerprint density at radius 2 is 1.12 bits per heavy atom. The first kappa shape index (κ1) is 44.6. The molecule has 2 heterocycles. The van der Waals surface area contributed by atoms with E-state index < -0.39 is 5.54 Å². The van der Waals surface area contributed by atoms with Gasteiger partial charge in [0, 0.05) is 69.0 Å². The second-order valence-corrected chi connectivity index (χ2v) is 17.4. The lowest BCUT2D eigenvalue weighted by molar-refractivity contribution is 0.0137. The number of thioether (sulfide) groups is 1. The minimum Gasteiger partial charge on any atom is -0.379 e. The van der Waals surface area contributed by atoms with Gasteiger partial charge in [0.2, 0.25) is 0 Å². The Bertz CT molecular complexity index is 1780. The molecule has 320 valence electrons. The van der Waals surface area contributed by atoms with Gasteiger partial charge in [0.1, 0.15) is 0 Å². The van der Waals surface area contributed by atoms with Gasteiger partial charge in [-0.15, -0.1) is 11.8 Å². The summed E-state index contributed by atoms with van der Waals surface area (Å²) in [4.78, 5) is 9.18. The summed E-state index contributed by atoms with van der Waals surface area (Å²) in [6.07, 6.45) is 9.62. The van der Waals surface area contributed by atoms with E-state index in [1.807, 2.05) is 11.8 Å². The Kier molecular flexibility index (Phi) is 18.0. The summed E-state index contributed by atoms with van der Waals surface area (Å²) in [5, 5.41) is 8.80. The molecule has 0 aromatic heterocycles. The lowest BCUT2D eigenvalue weighted by atomic mass is 9.77. The van der Waals surface area contributed by atoms with Crippen LogP contribution in [-0.4, -0.2) is 126 Å². The number of rotatable bonds is 25. The van der Waals surface area contributed by atoms with Crippen LogP contribution in [0.1, 0.15) is 36.0 Å². The van der Waals surface area contributed by atoms with E-state index in [-0.39, 0.29) is 0 Å². The molecule has 0 radical (unpaired) electrons. The molecular formula is C50H64ClN5O3S. The summed E-state index contributed by atoms with van der Waals surface area (Å²) in [5.41, 5.74) is 4.56. The van der Waals surface area contributed by atoms with Gasteiger partial charge in [-0.25, -0.2) is 0 Å². The van der Waals surface area contributed by atoms with Crippen LogP contribution in [0.25, 0.3) is 0 Å². The summed E-state index contributed by atoms with van der Waals surface area (Å²) in [5.74, 6) is 0. The van der Waals surface area contributed by atoms with Gasteiger partial charge in [-0.1, -0.05) is 121 Å². The average molecular weight is 851 g/mol. The fourth-order valence-corrected chi connectivity index (χ4v) is 10.1. The van der Waals surface area contributed by atoms with Gasteiger partial charge in [0.05, 0.1) is 48.9 Å². The second kappa shape index (κ2) is 24.2. The van der Waals surface area contributed by atoms with Crippen LogP contribution in [-0.2, 0) is 19.7 Å². The van der Waals surface area contributed by atoms with Crippen LogP contribution in [0.5, 0.6) is 0 Å². The molecule has 8 nitrogen and oxygen atoms in total. The number of benzene rings is 4. The van der Waals surface area contributed by atoms with Crippen molar-refractivity contribution in [2.75, 3.05) is 110 Å². The Labute approximate surface area is 368 Å². The molecule has 2 unspecified atom stereocenters. The van der Waals surface area contributed by atoms with Crippen LogP contribution < -0.4 is 15.5 Å². The Balaban J connectivity index is 0.675. The molecule has 0 saturated carbocycles. The van der Waals surface area contributed by atoms with E-state index in [1.165, 1.54) is 27.3 Å². The average Bonchev–Trinajstić information content (AvgIpc) is 3.30. The normalized spacial score (nSPS) is 18.3. The lowest BCUT2D eigenvalue weighted by Crippen LogP contribution is -2.49. The fraction of sp³-hybridized carbons (Fsp3) is 0.440. The lowest BCUT2D eigenvalue weighted by Gasteiger charge is -2.43. The van der Waals surface area contributed by atoms with Gasteiger partial charge in [-0.05, 0) is 79.9 Å². The van der Waals surface area contributed by atoms with Crippen molar-refractivity contribution in [1.82, 2.24) is 20.4 Å². The SMILES string of the molecule is ClC1=CC2C(C=C1)Sc1ccccc1N2CCCN1CCN(CCNCCCOCCOCCOCCCNC(c2ccccc2)(c2ccccc2)c2ccccc2)CC1. The molecule has 4 aromatic carbocycles. The first-order valence-corrected chi connectivity index (χ1v) is 23.3. The van der Waals surface area contributed by atoms with E-state index >= 15 is 0 Å². The smallest absolute Gasteiger partial charge is 0.0947 e. The third-order valence-electron chi connectivity index (χ3n) is 11.7. The predicted molar refractivity (Wildman–Crippen MR) is 250 cm³/mol. The van der Waals surface area contributed by atoms with Gasteiger partial charge >= 0.3 is 0 Å². The quantitative estimate of drug-likeness (QED) is 0.0510. The molecular weight excluding hydrogens is 786 g/mol. The zero-order chi connectivity index (χ0) is 41.1. The minimum absolute atomic E-state index is 0.323. The molecule has 2 atom stereocenters. The first-order valence-electron chi connectivity index (χ1n) is 22.1. The van der Waals surface area contributed by atoms with Crippen LogP contribution in [0.15, 0.2) is 143 Å². The molecule has 1 fully saturated rings. The number of anilines is 1. The Morgan fingerprint density at radius 3 is 1.73 bits per heavy atom. The molecule has 0 spiro atoms. The van der Waals surface area contributed by atoms with E-state index in [0.29, 0.717) is 44.3 Å². The molecule has 60 heavy (non-hydrogen) atoms. The number of para-hydroxylation sites is 1. The van der Waals surface area contributed by atoms with Crippen molar-refractivity contribution in [2.45, 2.75) is 41.0 Å². The number of fused-ring (bicyclic) bond motifs is 2. The molecule has 2 N–H and O–H groups in total. The van der Waals surface area contributed by atoms with E-state index in [2.05, 4.69) is 159 Å². The number of hydrogen-bond acceptors (Lipinski definition) is 9. The highest BCUT2D eigenvalue weighted by atomic mass is 35.5. The third kappa shape index (κ3) is 12.6. The van der Waals surface area contributed by atoms with Crippen LogP contribution in [0, 0.1) is 0 Å². The molecule has 2 aliphatic heterocycles.